The second-order valence-corrected chi connectivity index (χ2v) is 5.06. The van der Waals surface area contributed by atoms with Crippen molar-refractivity contribution < 1.29 is 0 Å². The lowest BCUT2D eigenvalue weighted by atomic mass is 10.2. The molecule has 1 aromatic heterocycles. The topological polar surface area (TPSA) is 38.9 Å². The molecule has 0 saturated heterocycles. The monoisotopic (exact) mass is 316 g/mol. The van der Waals surface area contributed by atoms with Crippen LogP contribution in [0.3, 0.4) is 0 Å². The number of anilines is 1. The van der Waals surface area contributed by atoms with Gasteiger partial charge in [0.15, 0.2) is 0 Å². The summed E-state index contributed by atoms with van der Waals surface area (Å²) in [5, 5.41) is 2.85. The Balaban J connectivity index is 2.47. The molecule has 4 heteroatoms. The number of nitrogens with zero attached hydrogens (tertiary/aromatic N) is 1. The number of aryl methyl sites for hydroxylation is 1. The fraction of sp³-hybridized carbons (Fsp3) is 0.100. The first-order valence-electron chi connectivity index (χ1n) is 4.14. The van der Waals surface area contributed by atoms with E-state index in [-0.39, 0.29) is 0 Å². The maximum absolute atomic E-state index is 5.58. The van der Waals surface area contributed by atoms with Crippen molar-refractivity contribution in [3.05, 3.63) is 32.7 Å². The minimum Gasteiger partial charge on any atom is -0.383 e. The van der Waals surface area contributed by atoms with Crippen LogP contribution in [0.1, 0.15) is 5.56 Å². The zero-order valence-corrected chi connectivity index (χ0v) is 10.6. The van der Waals surface area contributed by atoms with Gasteiger partial charge in [0.25, 0.3) is 0 Å². The van der Waals surface area contributed by atoms with Crippen LogP contribution in [-0.2, 0) is 0 Å². The molecule has 0 atom stereocenters. The summed E-state index contributed by atoms with van der Waals surface area (Å²) in [4.78, 5) is 4.24. The van der Waals surface area contributed by atoms with Crippen molar-refractivity contribution in [1.29, 1.82) is 0 Å². The van der Waals surface area contributed by atoms with E-state index in [9.17, 15) is 0 Å². The molecule has 14 heavy (non-hydrogen) atoms. The Hall–Kier alpha value is -0.620. The zero-order chi connectivity index (χ0) is 10.1. The van der Waals surface area contributed by atoms with E-state index in [0.717, 1.165) is 10.6 Å². The average molecular weight is 316 g/mol. The molecular formula is C10H9IN2S. The van der Waals surface area contributed by atoms with Gasteiger partial charge in [-0.1, -0.05) is 12.1 Å². The number of aromatic nitrogens is 1. The third-order valence-electron chi connectivity index (χ3n) is 1.94. The first-order valence-corrected chi connectivity index (χ1v) is 6.10. The number of thiazole rings is 1. The Morgan fingerprint density at radius 1 is 1.43 bits per heavy atom. The third kappa shape index (κ3) is 1.90. The Morgan fingerprint density at radius 2 is 2.21 bits per heavy atom. The molecule has 2 aromatic rings. The molecule has 0 spiro atoms. The quantitative estimate of drug-likeness (QED) is 0.820. The largest absolute Gasteiger partial charge is 0.383 e. The molecule has 0 aliphatic heterocycles. The van der Waals surface area contributed by atoms with Gasteiger partial charge in [-0.05, 0) is 41.1 Å². The molecule has 1 aromatic carbocycles. The molecule has 1 heterocycles. The van der Waals surface area contributed by atoms with Gasteiger partial charge in [-0.2, -0.15) is 0 Å². The van der Waals surface area contributed by atoms with E-state index in [2.05, 4.69) is 52.7 Å². The number of nitrogens with two attached hydrogens (primary N) is 1. The summed E-state index contributed by atoms with van der Waals surface area (Å²) in [6, 6.07) is 6.32. The predicted molar refractivity (Wildman–Crippen MR) is 69.4 cm³/mol. The molecule has 72 valence electrons. The van der Waals surface area contributed by atoms with Gasteiger partial charge in [0.2, 0.25) is 0 Å². The van der Waals surface area contributed by atoms with E-state index >= 15 is 0 Å². The standard InChI is InChI=1S/C10H9IN2S/c1-6-2-3-7(4-8(6)11)10-13-9(12)5-14-10/h2-5H,12H2,1H3. The number of hydrogen-bond acceptors (Lipinski definition) is 3. The van der Waals surface area contributed by atoms with Crippen LogP contribution < -0.4 is 5.73 Å². The SMILES string of the molecule is Cc1ccc(-c2nc(N)cs2)cc1I. The zero-order valence-electron chi connectivity index (χ0n) is 7.62. The predicted octanol–water partition coefficient (Wildman–Crippen LogP) is 3.31. The second kappa shape index (κ2) is 3.86. The van der Waals surface area contributed by atoms with E-state index in [1.54, 1.807) is 11.3 Å². The average Bonchev–Trinajstić information content (AvgIpc) is 2.57. The maximum Gasteiger partial charge on any atom is 0.135 e. The highest BCUT2D eigenvalue weighted by Crippen LogP contribution is 2.26. The molecule has 0 bridgehead atoms. The van der Waals surface area contributed by atoms with Crippen LogP contribution in [0.15, 0.2) is 23.6 Å². The van der Waals surface area contributed by atoms with Gasteiger partial charge in [0.05, 0.1) is 0 Å². The van der Waals surface area contributed by atoms with E-state index in [1.807, 2.05) is 5.38 Å². The summed E-state index contributed by atoms with van der Waals surface area (Å²) in [6.07, 6.45) is 0. The normalized spacial score (nSPS) is 10.4. The Bertz CT molecular complexity index is 465. The Kier molecular flexibility index (Phi) is 2.73. The van der Waals surface area contributed by atoms with Crippen LogP contribution >= 0.6 is 33.9 Å². The van der Waals surface area contributed by atoms with Crippen LogP contribution in [-0.4, -0.2) is 4.98 Å². The molecule has 0 unspecified atom stereocenters. The van der Waals surface area contributed by atoms with Gasteiger partial charge in [0.1, 0.15) is 10.8 Å². The lowest BCUT2D eigenvalue weighted by molar-refractivity contribution is 1.38. The number of halogens is 1. The smallest absolute Gasteiger partial charge is 0.135 e. The Morgan fingerprint density at radius 3 is 2.79 bits per heavy atom. The lowest BCUT2D eigenvalue weighted by Crippen LogP contribution is -1.85. The van der Waals surface area contributed by atoms with Crippen molar-refractivity contribution in [3.8, 4) is 10.6 Å². The van der Waals surface area contributed by atoms with Gasteiger partial charge in [-0.3, -0.25) is 0 Å². The van der Waals surface area contributed by atoms with E-state index in [4.69, 9.17) is 5.73 Å². The first-order chi connectivity index (χ1) is 6.66. The summed E-state index contributed by atoms with van der Waals surface area (Å²) in [6.45, 7) is 2.10. The molecule has 0 amide bonds. The highest BCUT2D eigenvalue weighted by molar-refractivity contribution is 14.1. The number of benzene rings is 1. The number of rotatable bonds is 1. The van der Waals surface area contributed by atoms with E-state index in [1.165, 1.54) is 9.13 Å². The van der Waals surface area contributed by atoms with Crippen LogP contribution in [0, 0.1) is 10.5 Å². The molecule has 0 aliphatic carbocycles. The minimum absolute atomic E-state index is 0.598. The second-order valence-electron chi connectivity index (χ2n) is 3.04. The van der Waals surface area contributed by atoms with Crippen molar-refractivity contribution in [3.63, 3.8) is 0 Å². The van der Waals surface area contributed by atoms with Crippen molar-refractivity contribution in [1.82, 2.24) is 4.98 Å². The first kappa shape index (κ1) is 9.92. The van der Waals surface area contributed by atoms with Gasteiger partial charge in [-0.25, -0.2) is 4.98 Å². The summed E-state index contributed by atoms with van der Waals surface area (Å²) >= 11 is 3.91. The summed E-state index contributed by atoms with van der Waals surface area (Å²) in [5.74, 6) is 0.598. The van der Waals surface area contributed by atoms with Crippen molar-refractivity contribution in [2.75, 3.05) is 5.73 Å². The van der Waals surface area contributed by atoms with Crippen molar-refractivity contribution in [2.45, 2.75) is 6.92 Å². The number of nitrogen functional groups attached to an aromatic ring is 1. The third-order valence-corrected chi connectivity index (χ3v) is 4.01. The Labute approximate surface area is 100 Å². The van der Waals surface area contributed by atoms with Crippen LogP contribution in [0.2, 0.25) is 0 Å². The van der Waals surface area contributed by atoms with E-state index < -0.39 is 0 Å². The molecule has 0 radical (unpaired) electrons. The van der Waals surface area contributed by atoms with Gasteiger partial charge < -0.3 is 5.73 Å². The summed E-state index contributed by atoms with van der Waals surface area (Å²) in [7, 11) is 0. The van der Waals surface area contributed by atoms with Crippen molar-refractivity contribution in [2.24, 2.45) is 0 Å². The fourth-order valence-electron chi connectivity index (χ4n) is 1.14. The van der Waals surface area contributed by atoms with Gasteiger partial charge in [-0.15, -0.1) is 11.3 Å². The summed E-state index contributed by atoms with van der Waals surface area (Å²) < 4.78 is 1.26. The molecule has 0 fully saturated rings. The summed E-state index contributed by atoms with van der Waals surface area (Å²) in [5.41, 5.74) is 8.01. The lowest BCUT2D eigenvalue weighted by Gasteiger charge is -2.00. The maximum atomic E-state index is 5.58. The minimum atomic E-state index is 0.598. The number of hydrogen-bond donors (Lipinski definition) is 1. The van der Waals surface area contributed by atoms with Gasteiger partial charge in [0, 0.05) is 14.5 Å². The van der Waals surface area contributed by atoms with Crippen LogP contribution in [0.4, 0.5) is 5.82 Å². The molecule has 2 N–H and O–H groups in total. The molecule has 2 rings (SSSR count). The molecular weight excluding hydrogens is 307 g/mol. The van der Waals surface area contributed by atoms with Crippen LogP contribution in [0.5, 0.6) is 0 Å². The van der Waals surface area contributed by atoms with Gasteiger partial charge >= 0.3 is 0 Å². The molecule has 2 nitrogen and oxygen atoms in total. The molecule has 0 aliphatic rings. The van der Waals surface area contributed by atoms with Crippen molar-refractivity contribution >= 4 is 39.7 Å². The molecule has 0 saturated carbocycles. The highest BCUT2D eigenvalue weighted by Gasteiger charge is 2.04. The fourth-order valence-corrected chi connectivity index (χ4v) is 2.37. The van der Waals surface area contributed by atoms with E-state index in [0.29, 0.717) is 5.82 Å². The van der Waals surface area contributed by atoms with Crippen LogP contribution in [0.25, 0.3) is 10.6 Å². The highest BCUT2D eigenvalue weighted by atomic mass is 127.